The molecule has 6 nitrogen and oxygen atoms in total. The van der Waals surface area contributed by atoms with E-state index in [9.17, 15) is 14.4 Å². The number of para-hydroxylation sites is 1. The number of ketones is 1. The van der Waals surface area contributed by atoms with Crippen LogP contribution in [-0.2, 0) is 11.3 Å². The highest BCUT2D eigenvalue weighted by atomic mass is 79.9. The number of esters is 1. The molecule has 2 aromatic heterocycles. The van der Waals surface area contributed by atoms with Gasteiger partial charge in [-0.3, -0.25) is 4.79 Å². The standard InChI is InChI=1S/C19H16NO5.BrH/c1-2-24-18(22)13-7-9-20(10-8-13)12-16(21)15-11-14-5-3-4-6-17(14)25-19(15)23;/h3-11H,2,12H2,1H3;1H/q+1;/p-1. The van der Waals surface area contributed by atoms with Crippen LogP contribution in [0.25, 0.3) is 11.0 Å². The van der Waals surface area contributed by atoms with Gasteiger partial charge in [-0.25, -0.2) is 9.59 Å². The van der Waals surface area contributed by atoms with E-state index < -0.39 is 11.6 Å². The summed E-state index contributed by atoms with van der Waals surface area (Å²) in [6, 6.07) is 11.7. The first kappa shape index (κ1) is 19.5. The lowest BCUT2D eigenvalue weighted by atomic mass is 10.1. The van der Waals surface area contributed by atoms with Crippen LogP contribution in [-0.4, -0.2) is 18.4 Å². The number of fused-ring (bicyclic) bond motifs is 1. The molecule has 26 heavy (non-hydrogen) atoms. The van der Waals surface area contributed by atoms with Gasteiger partial charge >= 0.3 is 11.6 Å². The predicted molar refractivity (Wildman–Crippen MR) is 89.4 cm³/mol. The molecule has 0 amide bonds. The molecule has 0 saturated carbocycles. The fraction of sp³-hybridized carbons (Fsp3) is 0.158. The van der Waals surface area contributed by atoms with Gasteiger partial charge in [-0.2, -0.15) is 4.57 Å². The van der Waals surface area contributed by atoms with Gasteiger partial charge in [0, 0.05) is 17.5 Å². The monoisotopic (exact) mass is 417 g/mol. The van der Waals surface area contributed by atoms with Crippen LogP contribution in [0.5, 0.6) is 0 Å². The first-order valence-electron chi connectivity index (χ1n) is 7.81. The van der Waals surface area contributed by atoms with Gasteiger partial charge in [-0.05, 0) is 19.1 Å². The molecule has 0 aliphatic carbocycles. The Morgan fingerprint density at radius 3 is 2.50 bits per heavy atom. The number of halogens is 1. The molecule has 0 fully saturated rings. The molecule has 0 atom stereocenters. The van der Waals surface area contributed by atoms with Gasteiger partial charge < -0.3 is 26.1 Å². The Labute approximate surface area is 159 Å². The van der Waals surface area contributed by atoms with Crippen molar-refractivity contribution in [2.75, 3.05) is 6.61 Å². The van der Waals surface area contributed by atoms with Gasteiger partial charge in [0.1, 0.15) is 11.1 Å². The lowest BCUT2D eigenvalue weighted by molar-refractivity contribution is -0.683. The molecule has 0 unspecified atom stereocenters. The third-order valence-electron chi connectivity index (χ3n) is 3.67. The Morgan fingerprint density at radius 1 is 1.12 bits per heavy atom. The maximum atomic E-state index is 12.4. The van der Waals surface area contributed by atoms with E-state index in [1.54, 1.807) is 60.3 Å². The molecule has 0 aliphatic rings. The van der Waals surface area contributed by atoms with Gasteiger partial charge in [0.05, 0.1) is 12.2 Å². The fourth-order valence-electron chi connectivity index (χ4n) is 2.42. The first-order chi connectivity index (χ1) is 12.1. The summed E-state index contributed by atoms with van der Waals surface area (Å²) >= 11 is 0. The molecule has 0 aliphatic heterocycles. The second-order valence-electron chi connectivity index (χ2n) is 5.39. The van der Waals surface area contributed by atoms with Crippen molar-refractivity contribution in [3.63, 3.8) is 0 Å². The zero-order chi connectivity index (χ0) is 17.8. The van der Waals surface area contributed by atoms with Crippen molar-refractivity contribution >= 4 is 22.7 Å². The second kappa shape index (κ2) is 8.53. The normalized spacial score (nSPS) is 10.2. The van der Waals surface area contributed by atoms with Crippen LogP contribution in [0.15, 0.2) is 64.1 Å². The Balaban J connectivity index is 0.00000243. The Hall–Kier alpha value is -2.80. The summed E-state index contributed by atoms with van der Waals surface area (Å²) < 4.78 is 11.7. The summed E-state index contributed by atoms with van der Waals surface area (Å²) in [7, 11) is 0. The van der Waals surface area contributed by atoms with Crippen molar-refractivity contribution in [2.45, 2.75) is 13.5 Å². The highest BCUT2D eigenvalue weighted by molar-refractivity contribution is 5.97. The van der Waals surface area contributed by atoms with Crippen LogP contribution in [0.1, 0.15) is 27.6 Å². The number of benzene rings is 1. The largest absolute Gasteiger partial charge is 1.00 e. The van der Waals surface area contributed by atoms with Crippen LogP contribution in [0.4, 0.5) is 0 Å². The van der Waals surface area contributed by atoms with E-state index in [0.717, 1.165) is 0 Å². The quantitative estimate of drug-likeness (QED) is 0.234. The van der Waals surface area contributed by atoms with E-state index in [4.69, 9.17) is 9.15 Å². The lowest BCUT2D eigenvalue weighted by Gasteiger charge is -2.02. The van der Waals surface area contributed by atoms with Crippen molar-refractivity contribution in [3.8, 4) is 0 Å². The lowest BCUT2D eigenvalue weighted by Crippen LogP contribution is -3.00. The van der Waals surface area contributed by atoms with E-state index in [1.165, 1.54) is 6.07 Å². The SMILES string of the molecule is CCOC(=O)c1cc[n+](CC(=O)c2cc3ccccc3oc2=O)cc1.[Br-]. The third-order valence-corrected chi connectivity index (χ3v) is 3.67. The van der Waals surface area contributed by atoms with Crippen LogP contribution >= 0.6 is 0 Å². The maximum Gasteiger partial charge on any atom is 0.347 e. The number of carbonyl (C=O) groups excluding carboxylic acids is 2. The molecule has 0 saturated heterocycles. The number of rotatable bonds is 5. The van der Waals surface area contributed by atoms with Crippen molar-refractivity contribution in [1.29, 1.82) is 0 Å². The highest BCUT2D eigenvalue weighted by Gasteiger charge is 2.18. The number of hydrogen-bond acceptors (Lipinski definition) is 5. The number of ether oxygens (including phenoxy) is 1. The maximum absolute atomic E-state index is 12.4. The summed E-state index contributed by atoms with van der Waals surface area (Å²) in [5.41, 5.74) is 0.180. The molecule has 0 bridgehead atoms. The summed E-state index contributed by atoms with van der Waals surface area (Å²) in [6.07, 6.45) is 3.18. The number of carbonyl (C=O) groups is 2. The summed E-state index contributed by atoms with van der Waals surface area (Å²) in [5.74, 6) is -0.787. The number of aromatic nitrogens is 1. The van der Waals surface area contributed by atoms with Gasteiger partial charge in [-0.1, -0.05) is 18.2 Å². The van der Waals surface area contributed by atoms with E-state index in [0.29, 0.717) is 23.1 Å². The predicted octanol–water partition coefficient (Wildman–Crippen LogP) is -0.856. The van der Waals surface area contributed by atoms with Crippen molar-refractivity contribution < 1.29 is 40.3 Å². The molecular formula is C19H16BrNO5. The molecule has 2 heterocycles. The molecule has 3 aromatic rings. The molecular weight excluding hydrogens is 402 g/mol. The summed E-state index contributed by atoms with van der Waals surface area (Å²) in [4.78, 5) is 36.1. The van der Waals surface area contributed by atoms with Crippen LogP contribution in [0.2, 0.25) is 0 Å². The van der Waals surface area contributed by atoms with Gasteiger partial charge in [0.2, 0.25) is 12.3 Å². The minimum atomic E-state index is -0.660. The molecule has 1 aromatic carbocycles. The third kappa shape index (κ3) is 4.23. The molecule has 0 spiro atoms. The minimum Gasteiger partial charge on any atom is -1.00 e. The molecule has 3 rings (SSSR count). The minimum absolute atomic E-state index is 0. The average Bonchev–Trinajstić information content (AvgIpc) is 2.62. The summed E-state index contributed by atoms with van der Waals surface area (Å²) in [6.45, 7) is 1.99. The van der Waals surface area contributed by atoms with Crippen molar-refractivity contribution in [2.24, 2.45) is 0 Å². The smallest absolute Gasteiger partial charge is 0.347 e. The van der Waals surface area contributed by atoms with Gasteiger partial charge in [0.15, 0.2) is 12.4 Å². The second-order valence-corrected chi connectivity index (χ2v) is 5.39. The van der Waals surface area contributed by atoms with Crippen LogP contribution in [0.3, 0.4) is 0 Å². The molecule has 7 heteroatoms. The van der Waals surface area contributed by atoms with E-state index in [1.807, 2.05) is 0 Å². The molecule has 0 N–H and O–H groups in total. The summed E-state index contributed by atoms with van der Waals surface area (Å²) in [5, 5.41) is 0.688. The first-order valence-corrected chi connectivity index (χ1v) is 7.81. The fourth-order valence-corrected chi connectivity index (χ4v) is 2.42. The Kier molecular flexibility index (Phi) is 6.41. The van der Waals surface area contributed by atoms with Crippen molar-refractivity contribution in [1.82, 2.24) is 0 Å². The number of hydrogen-bond donors (Lipinski definition) is 0. The van der Waals surface area contributed by atoms with E-state index in [2.05, 4.69) is 0 Å². The van der Waals surface area contributed by atoms with Gasteiger partial charge in [-0.15, -0.1) is 0 Å². The average molecular weight is 418 g/mol. The number of Topliss-reactive ketones (excluding diaryl/α,β-unsaturated/α-hetero) is 1. The van der Waals surface area contributed by atoms with E-state index >= 15 is 0 Å². The van der Waals surface area contributed by atoms with Crippen LogP contribution in [0, 0.1) is 0 Å². The van der Waals surface area contributed by atoms with Gasteiger partial charge in [0.25, 0.3) is 0 Å². The Bertz CT molecular complexity index is 995. The number of pyridine rings is 1. The highest BCUT2D eigenvalue weighted by Crippen LogP contribution is 2.12. The zero-order valence-electron chi connectivity index (χ0n) is 14.0. The van der Waals surface area contributed by atoms with Crippen LogP contribution < -0.4 is 27.2 Å². The molecule has 0 radical (unpaired) electrons. The van der Waals surface area contributed by atoms with E-state index in [-0.39, 0.29) is 34.9 Å². The topological polar surface area (TPSA) is 77.5 Å². The van der Waals surface area contributed by atoms with Crippen molar-refractivity contribution in [3.05, 3.63) is 76.4 Å². The Morgan fingerprint density at radius 2 is 1.81 bits per heavy atom. The zero-order valence-corrected chi connectivity index (χ0v) is 15.6. The number of nitrogens with zero attached hydrogens (tertiary/aromatic N) is 1. The molecule has 134 valence electrons.